The molecule has 2 atom stereocenters. The Morgan fingerprint density at radius 1 is 1.36 bits per heavy atom. The van der Waals surface area contributed by atoms with Gasteiger partial charge in [-0.2, -0.15) is 0 Å². The van der Waals surface area contributed by atoms with Crippen molar-refractivity contribution >= 4 is 23.6 Å². The molecule has 0 saturated carbocycles. The zero-order chi connectivity index (χ0) is 16.3. The molecule has 1 aromatic carbocycles. The standard InChI is InChI=1S/C17H24N2O2S/c1-11(2)9-14(16(21)18-4)19-15(20)10-22-17(19)13-7-5-12(3)6-8-13/h5-8,11,14,17H,9-10H2,1-4H3,(H,18,21)/t14-,17-/m1/s1. The number of hydrogen-bond donors (Lipinski definition) is 1. The number of rotatable bonds is 5. The lowest BCUT2D eigenvalue weighted by Gasteiger charge is -2.32. The zero-order valence-electron chi connectivity index (χ0n) is 13.6. The first-order valence-corrected chi connectivity index (χ1v) is 8.69. The highest BCUT2D eigenvalue weighted by atomic mass is 32.2. The summed E-state index contributed by atoms with van der Waals surface area (Å²) in [5.74, 6) is 0.746. The molecule has 0 unspecified atom stereocenters. The molecular formula is C17H24N2O2S. The minimum Gasteiger partial charge on any atom is -0.357 e. The van der Waals surface area contributed by atoms with Crippen molar-refractivity contribution in [3.05, 3.63) is 35.4 Å². The van der Waals surface area contributed by atoms with Crippen LogP contribution >= 0.6 is 11.8 Å². The van der Waals surface area contributed by atoms with Gasteiger partial charge in [0.2, 0.25) is 11.8 Å². The van der Waals surface area contributed by atoms with E-state index in [0.717, 1.165) is 5.56 Å². The molecule has 1 fully saturated rings. The first kappa shape index (κ1) is 16.9. The third-order valence-electron chi connectivity index (χ3n) is 3.85. The molecule has 1 N–H and O–H groups in total. The van der Waals surface area contributed by atoms with Crippen LogP contribution in [-0.2, 0) is 9.59 Å². The average Bonchev–Trinajstić information content (AvgIpc) is 2.86. The van der Waals surface area contributed by atoms with Gasteiger partial charge in [-0.3, -0.25) is 9.59 Å². The van der Waals surface area contributed by atoms with E-state index in [2.05, 4.69) is 31.3 Å². The fourth-order valence-corrected chi connectivity index (χ4v) is 3.95. The molecule has 1 aliphatic rings. The van der Waals surface area contributed by atoms with Crippen molar-refractivity contribution < 1.29 is 9.59 Å². The lowest BCUT2D eigenvalue weighted by atomic mass is 10.0. The summed E-state index contributed by atoms with van der Waals surface area (Å²) in [5, 5.41) is 2.63. The van der Waals surface area contributed by atoms with E-state index in [4.69, 9.17) is 0 Å². The van der Waals surface area contributed by atoms with Crippen LogP contribution in [0, 0.1) is 12.8 Å². The van der Waals surface area contributed by atoms with Gasteiger partial charge in [0.15, 0.2) is 0 Å². The van der Waals surface area contributed by atoms with E-state index in [9.17, 15) is 9.59 Å². The smallest absolute Gasteiger partial charge is 0.242 e. The van der Waals surface area contributed by atoms with Gasteiger partial charge < -0.3 is 10.2 Å². The predicted octanol–water partition coefficient (Wildman–Crippen LogP) is 2.73. The van der Waals surface area contributed by atoms with E-state index in [1.807, 2.05) is 19.1 Å². The van der Waals surface area contributed by atoms with Crippen LogP contribution in [0.5, 0.6) is 0 Å². The topological polar surface area (TPSA) is 49.4 Å². The zero-order valence-corrected chi connectivity index (χ0v) is 14.4. The van der Waals surface area contributed by atoms with E-state index in [1.54, 1.807) is 23.7 Å². The fraction of sp³-hybridized carbons (Fsp3) is 0.529. The van der Waals surface area contributed by atoms with Crippen LogP contribution in [-0.4, -0.2) is 35.6 Å². The highest BCUT2D eigenvalue weighted by Gasteiger charge is 2.40. The number of aryl methyl sites for hydroxylation is 1. The number of carbonyl (C=O) groups excluding carboxylic acids is 2. The molecule has 22 heavy (non-hydrogen) atoms. The van der Waals surface area contributed by atoms with E-state index in [-0.39, 0.29) is 17.2 Å². The lowest BCUT2D eigenvalue weighted by molar-refractivity contribution is -0.139. The summed E-state index contributed by atoms with van der Waals surface area (Å²) in [6.07, 6.45) is 0.675. The molecule has 1 heterocycles. The van der Waals surface area contributed by atoms with Gasteiger partial charge in [-0.15, -0.1) is 11.8 Å². The Labute approximate surface area is 136 Å². The highest BCUT2D eigenvalue weighted by molar-refractivity contribution is 8.00. The average molecular weight is 320 g/mol. The van der Waals surface area contributed by atoms with Gasteiger partial charge in [0.1, 0.15) is 11.4 Å². The van der Waals surface area contributed by atoms with Crippen LogP contribution in [0.2, 0.25) is 0 Å². The SMILES string of the molecule is CNC(=O)[C@@H](CC(C)C)N1C(=O)CS[C@@H]1c1ccc(C)cc1. The summed E-state index contributed by atoms with van der Waals surface area (Å²) in [5.41, 5.74) is 2.27. The molecule has 0 radical (unpaired) electrons. The van der Waals surface area contributed by atoms with Crippen molar-refractivity contribution in [3.63, 3.8) is 0 Å². The Morgan fingerprint density at radius 3 is 2.55 bits per heavy atom. The summed E-state index contributed by atoms with van der Waals surface area (Å²) >= 11 is 1.60. The summed E-state index contributed by atoms with van der Waals surface area (Å²) in [4.78, 5) is 26.5. The number of amides is 2. The molecule has 4 nitrogen and oxygen atoms in total. The summed E-state index contributed by atoms with van der Waals surface area (Å²) in [6.45, 7) is 6.19. The van der Waals surface area contributed by atoms with E-state index in [0.29, 0.717) is 18.1 Å². The van der Waals surface area contributed by atoms with Crippen LogP contribution in [0.4, 0.5) is 0 Å². The maximum Gasteiger partial charge on any atom is 0.242 e. The van der Waals surface area contributed by atoms with Crippen LogP contribution in [0.3, 0.4) is 0 Å². The Morgan fingerprint density at radius 2 is 2.00 bits per heavy atom. The summed E-state index contributed by atoms with van der Waals surface area (Å²) < 4.78 is 0. The van der Waals surface area contributed by atoms with Crippen molar-refractivity contribution in [2.24, 2.45) is 5.92 Å². The molecule has 0 aromatic heterocycles. The van der Waals surface area contributed by atoms with Crippen LogP contribution in [0.1, 0.15) is 36.8 Å². The second-order valence-electron chi connectivity index (χ2n) is 6.13. The summed E-state index contributed by atoms with van der Waals surface area (Å²) in [7, 11) is 1.63. The molecular weight excluding hydrogens is 296 g/mol. The lowest BCUT2D eigenvalue weighted by Crippen LogP contribution is -2.48. The molecule has 5 heteroatoms. The van der Waals surface area contributed by atoms with Gasteiger partial charge >= 0.3 is 0 Å². The molecule has 2 amide bonds. The van der Waals surface area contributed by atoms with Gasteiger partial charge in [0.25, 0.3) is 0 Å². The minimum atomic E-state index is -0.404. The first-order chi connectivity index (χ1) is 10.4. The van der Waals surface area contributed by atoms with Gasteiger partial charge in [-0.05, 0) is 24.8 Å². The Hall–Kier alpha value is -1.49. The van der Waals surface area contributed by atoms with Crippen molar-refractivity contribution in [3.8, 4) is 0 Å². The van der Waals surface area contributed by atoms with Crippen LogP contribution < -0.4 is 5.32 Å². The largest absolute Gasteiger partial charge is 0.357 e. The van der Waals surface area contributed by atoms with Crippen molar-refractivity contribution in [2.45, 2.75) is 38.6 Å². The molecule has 120 valence electrons. The number of hydrogen-bond acceptors (Lipinski definition) is 3. The Bertz CT molecular complexity index is 542. The minimum absolute atomic E-state index is 0.0461. The van der Waals surface area contributed by atoms with Crippen molar-refractivity contribution in [1.29, 1.82) is 0 Å². The number of nitrogens with zero attached hydrogens (tertiary/aromatic N) is 1. The molecule has 0 spiro atoms. The fourth-order valence-electron chi connectivity index (χ4n) is 2.72. The number of likely N-dealkylation sites (N-methyl/N-ethyl adjacent to an activating group) is 1. The second-order valence-corrected chi connectivity index (χ2v) is 7.20. The number of thioether (sulfide) groups is 1. The maximum absolute atomic E-state index is 12.4. The Balaban J connectivity index is 2.32. The number of benzene rings is 1. The maximum atomic E-state index is 12.4. The number of carbonyl (C=O) groups is 2. The van der Waals surface area contributed by atoms with E-state index >= 15 is 0 Å². The highest BCUT2D eigenvalue weighted by Crippen LogP contribution is 2.41. The van der Waals surface area contributed by atoms with Crippen molar-refractivity contribution in [2.75, 3.05) is 12.8 Å². The molecule has 0 aliphatic carbocycles. The van der Waals surface area contributed by atoms with Crippen LogP contribution in [0.25, 0.3) is 0 Å². The third kappa shape index (κ3) is 3.64. The monoisotopic (exact) mass is 320 g/mol. The predicted molar refractivity (Wildman–Crippen MR) is 90.5 cm³/mol. The molecule has 1 aliphatic heterocycles. The molecule has 2 rings (SSSR count). The Kier molecular flexibility index (Phi) is 5.51. The van der Waals surface area contributed by atoms with Crippen LogP contribution in [0.15, 0.2) is 24.3 Å². The number of nitrogens with one attached hydrogen (secondary N) is 1. The van der Waals surface area contributed by atoms with Gasteiger partial charge in [-0.1, -0.05) is 43.7 Å². The van der Waals surface area contributed by atoms with E-state index in [1.165, 1.54) is 5.56 Å². The van der Waals surface area contributed by atoms with Crippen molar-refractivity contribution in [1.82, 2.24) is 10.2 Å². The first-order valence-electron chi connectivity index (χ1n) is 7.65. The quantitative estimate of drug-likeness (QED) is 0.907. The molecule has 0 bridgehead atoms. The second kappa shape index (κ2) is 7.18. The summed E-state index contributed by atoms with van der Waals surface area (Å²) in [6, 6.07) is 7.80. The normalized spacial score (nSPS) is 19.6. The third-order valence-corrected chi connectivity index (χ3v) is 5.08. The van der Waals surface area contributed by atoms with Gasteiger partial charge in [-0.25, -0.2) is 0 Å². The van der Waals surface area contributed by atoms with Gasteiger partial charge in [0, 0.05) is 7.05 Å². The molecule has 1 saturated heterocycles. The van der Waals surface area contributed by atoms with E-state index < -0.39 is 6.04 Å². The molecule has 1 aromatic rings. The van der Waals surface area contributed by atoms with Gasteiger partial charge in [0.05, 0.1) is 5.75 Å².